The number of hydrogen-bond donors (Lipinski definition) is 1. The number of rotatable bonds is 1. The lowest BCUT2D eigenvalue weighted by Crippen LogP contribution is -2.83. The molecule has 6 rings (SSSR count). The third-order valence-corrected chi connectivity index (χ3v) is 5.26. The van der Waals surface area contributed by atoms with E-state index in [0.717, 1.165) is 35.2 Å². The van der Waals surface area contributed by atoms with E-state index in [1.54, 1.807) is 0 Å². The molecule has 4 heterocycles. The fourth-order valence-electron chi connectivity index (χ4n) is 4.01. The van der Waals surface area contributed by atoms with Gasteiger partial charge in [-0.2, -0.15) is 0 Å². The van der Waals surface area contributed by atoms with Crippen molar-refractivity contribution < 1.29 is 24.3 Å². The molecule has 0 saturated heterocycles. The van der Waals surface area contributed by atoms with Crippen LogP contribution in [-0.2, 0) is 6.54 Å². The van der Waals surface area contributed by atoms with Crippen LogP contribution in [0.3, 0.4) is 0 Å². The smallest absolute Gasteiger partial charge is 0.231 e. The maximum Gasteiger partial charge on any atom is 0.231 e. The number of quaternary nitrogens is 1. The van der Waals surface area contributed by atoms with Gasteiger partial charge in [0.05, 0.1) is 11.4 Å². The van der Waals surface area contributed by atoms with E-state index < -0.39 is 0 Å². The number of nitrogens with zero attached hydrogens (tertiary/aromatic N) is 1. The summed E-state index contributed by atoms with van der Waals surface area (Å²) < 4.78 is 24.4. The second-order valence-electron chi connectivity index (χ2n) is 6.67. The monoisotopic (exact) mass is 349 g/mol. The van der Waals surface area contributed by atoms with Crippen LogP contribution in [0.25, 0.3) is 5.69 Å². The summed E-state index contributed by atoms with van der Waals surface area (Å²) in [6.45, 7) is 1.44. The molecule has 6 heteroatoms. The summed E-state index contributed by atoms with van der Waals surface area (Å²) >= 11 is 0. The molecule has 26 heavy (non-hydrogen) atoms. The van der Waals surface area contributed by atoms with E-state index >= 15 is 0 Å². The maximum atomic E-state index is 5.58. The normalized spacial score (nSPS) is 19.0. The van der Waals surface area contributed by atoms with Gasteiger partial charge in [0.2, 0.25) is 13.6 Å². The third kappa shape index (κ3) is 1.96. The first kappa shape index (κ1) is 14.1. The van der Waals surface area contributed by atoms with Crippen LogP contribution in [-0.4, -0.2) is 18.2 Å². The summed E-state index contributed by atoms with van der Waals surface area (Å²) in [7, 11) is 0. The second-order valence-corrected chi connectivity index (χ2v) is 6.67. The van der Waals surface area contributed by atoms with Crippen LogP contribution in [0.4, 0.5) is 0 Å². The van der Waals surface area contributed by atoms with Gasteiger partial charge in [0.1, 0.15) is 6.54 Å². The van der Waals surface area contributed by atoms with E-state index in [0.29, 0.717) is 13.6 Å². The van der Waals surface area contributed by atoms with Gasteiger partial charge in [-0.25, -0.2) is 0 Å². The Balaban J connectivity index is 1.48. The molecule has 3 aliphatic heterocycles. The topological polar surface area (TPSA) is 58.5 Å². The Labute approximate surface area is 149 Å². The van der Waals surface area contributed by atoms with Gasteiger partial charge in [-0.15, -0.1) is 0 Å². The second kappa shape index (κ2) is 5.19. The van der Waals surface area contributed by atoms with Gasteiger partial charge < -0.3 is 28.8 Å². The molecular formula is C20H17N2O4+. The zero-order valence-electron chi connectivity index (χ0n) is 14.0. The minimum Gasteiger partial charge on any atom is -0.454 e. The Kier molecular flexibility index (Phi) is 2.81. The lowest BCUT2D eigenvalue weighted by atomic mass is 10.0. The molecule has 0 radical (unpaired) electrons. The van der Waals surface area contributed by atoms with Gasteiger partial charge in [0, 0.05) is 23.4 Å². The van der Waals surface area contributed by atoms with E-state index in [2.05, 4.69) is 52.5 Å². The fourth-order valence-corrected chi connectivity index (χ4v) is 4.01. The summed E-state index contributed by atoms with van der Waals surface area (Å²) in [5.74, 6) is 3.26. The zero-order chi connectivity index (χ0) is 17.1. The quantitative estimate of drug-likeness (QED) is 0.731. The van der Waals surface area contributed by atoms with Crippen molar-refractivity contribution >= 4 is 0 Å². The average molecular weight is 349 g/mol. The molecule has 3 aliphatic rings. The number of benzene rings is 2. The van der Waals surface area contributed by atoms with Crippen LogP contribution in [0.2, 0.25) is 0 Å². The van der Waals surface area contributed by atoms with Gasteiger partial charge >= 0.3 is 0 Å². The van der Waals surface area contributed by atoms with Crippen LogP contribution in [0.15, 0.2) is 48.7 Å². The van der Waals surface area contributed by atoms with Crippen LogP contribution >= 0.6 is 0 Å². The van der Waals surface area contributed by atoms with Crippen molar-refractivity contribution in [1.29, 1.82) is 0 Å². The van der Waals surface area contributed by atoms with Crippen molar-refractivity contribution in [2.45, 2.75) is 12.6 Å². The molecular weight excluding hydrogens is 332 g/mol. The fraction of sp³-hybridized carbons (Fsp3) is 0.200. The van der Waals surface area contributed by atoms with Gasteiger partial charge in [0.25, 0.3) is 0 Å². The van der Waals surface area contributed by atoms with Gasteiger partial charge in [-0.3, -0.25) is 0 Å². The van der Waals surface area contributed by atoms with Gasteiger partial charge in [-0.1, -0.05) is 0 Å². The number of ether oxygens (including phenoxy) is 4. The molecule has 0 fully saturated rings. The minimum atomic E-state index is 0.170. The first-order chi connectivity index (χ1) is 12.9. The van der Waals surface area contributed by atoms with E-state index in [4.69, 9.17) is 18.9 Å². The Bertz CT molecular complexity index is 1030. The van der Waals surface area contributed by atoms with E-state index in [9.17, 15) is 0 Å². The average Bonchev–Trinajstić information content (AvgIpc) is 3.39. The number of nitrogens with two attached hydrogens (primary N) is 1. The van der Waals surface area contributed by atoms with Crippen LogP contribution in [0, 0.1) is 0 Å². The third-order valence-electron chi connectivity index (χ3n) is 5.26. The number of aromatic nitrogens is 1. The largest absolute Gasteiger partial charge is 0.454 e. The summed E-state index contributed by atoms with van der Waals surface area (Å²) in [4.78, 5) is 0. The molecule has 6 nitrogen and oxygen atoms in total. The Morgan fingerprint density at radius 3 is 2.50 bits per heavy atom. The van der Waals surface area contributed by atoms with Gasteiger partial charge in [0.15, 0.2) is 29.0 Å². The predicted molar refractivity (Wildman–Crippen MR) is 91.9 cm³/mol. The van der Waals surface area contributed by atoms with Crippen LogP contribution < -0.4 is 24.3 Å². The molecule has 0 bridgehead atoms. The van der Waals surface area contributed by atoms with Crippen molar-refractivity contribution in [3.05, 3.63) is 65.5 Å². The highest BCUT2D eigenvalue weighted by Gasteiger charge is 2.29. The summed E-state index contributed by atoms with van der Waals surface area (Å²) in [5.41, 5.74) is 4.80. The number of hydrogen-bond acceptors (Lipinski definition) is 4. The zero-order valence-corrected chi connectivity index (χ0v) is 14.0. The molecule has 1 atom stereocenters. The molecule has 0 amide bonds. The highest BCUT2D eigenvalue weighted by molar-refractivity contribution is 5.57. The molecule has 0 aliphatic carbocycles. The standard InChI is InChI=1S/C20H16N2O4/c1-2-14-20(12-3-4-16-17(6-12)24-10-23-16)21-9-13-7-18-19(26-11-25-18)8-15(13)22(14)5-1/h1-8,20-21H,9-11H2/p+1/t20-/m0/s1. The van der Waals surface area contributed by atoms with E-state index in [1.807, 2.05) is 6.07 Å². The molecule has 130 valence electrons. The summed E-state index contributed by atoms with van der Waals surface area (Å²) in [5, 5.41) is 2.34. The lowest BCUT2D eigenvalue weighted by molar-refractivity contribution is -0.702. The van der Waals surface area contributed by atoms with Crippen molar-refractivity contribution in [2.75, 3.05) is 13.6 Å². The van der Waals surface area contributed by atoms with Crippen molar-refractivity contribution in [2.24, 2.45) is 0 Å². The van der Waals surface area contributed by atoms with Crippen molar-refractivity contribution in [1.82, 2.24) is 4.57 Å². The molecule has 2 N–H and O–H groups in total. The highest BCUT2D eigenvalue weighted by Crippen LogP contribution is 2.39. The summed E-state index contributed by atoms with van der Waals surface area (Å²) in [6, 6.07) is 14.8. The van der Waals surface area contributed by atoms with Crippen LogP contribution in [0.5, 0.6) is 23.0 Å². The van der Waals surface area contributed by atoms with E-state index in [-0.39, 0.29) is 6.04 Å². The molecule has 3 aromatic rings. The van der Waals surface area contributed by atoms with Crippen molar-refractivity contribution in [3.8, 4) is 28.7 Å². The van der Waals surface area contributed by atoms with Crippen LogP contribution in [0.1, 0.15) is 22.9 Å². The maximum absolute atomic E-state index is 5.58. The number of fused-ring (bicyclic) bond motifs is 5. The SMILES string of the molecule is c1cc2n(c1)-c1cc3c(cc1C[NH2+][C@H]2c1ccc2c(c1)OCO2)OCO3. The molecule has 0 unspecified atom stereocenters. The lowest BCUT2D eigenvalue weighted by Gasteiger charge is -2.15. The molecule has 0 saturated carbocycles. The highest BCUT2D eigenvalue weighted by atomic mass is 16.7. The van der Waals surface area contributed by atoms with Crippen molar-refractivity contribution in [3.63, 3.8) is 0 Å². The first-order valence-electron chi connectivity index (χ1n) is 8.70. The Morgan fingerprint density at radius 1 is 0.846 bits per heavy atom. The Hall–Kier alpha value is -3.12. The predicted octanol–water partition coefficient (Wildman–Crippen LogP) is 2.10. The van der Waals surface area contributed by atoms with Gasteiger partial charge in [-0.05, 0) is 36.4 Å². The molecule has 2 aromatic carbocycles. The summed E-state index contributed by atoms with van der Waals surface area (Å²) in [6.07, 6.45) is 2.11. The first-order valence-corrected chi connectivity index (χ1v) is 8.70. The minimum absolute atomic E-state index is 0.170. The van der Waals surface area contributed by atoms with E-state index in [1.165, 1.54) is 16.8 Å². The molecule has 1 aromatic heterocycles. The molecule has 0 spiro atoms. The Morgan fingerprint density at radius 2 is 1.62 bits per heavy atom.